The molecule has 2 aromatic carbocycles. The third-order valence-electron chi connectivity index (χ3n) is 3.11. The molecular weight excluding hydrogens is 280 g/mol. The van der Waals surface area contributed by atoms with Gasteiger partial charge in [0.2, 0.25) is 5.78 Å². The molecule has 0 radical (unpaired) electrons. The molecule has 0 fully saturated rings. The quantitative estimate of drug-likeness (QED) is 0.605. The fourth-order valence-corrected chi connectivity index (χ4v) is 1.97. The average Bonchev–Trinajstić information content (AvgIpc) is 2.55. The number of Topliss-reactive ketones (excluding diaryl/α,β-unsaturated/α-hetero) is 1. The van der Waals surface area contributed by atoms with Gasteiger partial charge in [0.15, 0.2) is 6.10 Å². The van der Waals surface area contributed by atoms with Gasteiger partial charge in [-0.25, -0.2) is 4.79 Å². The van der Waals surface area contributed by atoms with E-state index in [4.69, 9.17) is 9.47 Å². The molecule has 0 heterocycles. The van der Waals surface area contributed by atoms with Gasteiger partial charge in [0.25, 0.3) is 0 Å². The Kier molecular flexibility index (Phi) is 5.31. The van der Waals surface area contributed by atoms with Crippen molar-refractivity contribution in [2.24, 2.45) is 0 Å². The van der Waals surface area contributed by atoms with Crippen LogP contribution in [0.3, 0.4) is 0 Å². The molecule has 0 N–H and O–H groups in total. The van der Waals surface area contributed by atoms with Crippen molar-refractivity contribution in [1.29, 1.82) is 0 Å². The molecule has 0 aliphatic carbocycles. The second kappa shape index (κ2) is 7.41. The van der Waals surface area contributed by atoms with Crippen LogP contribution in [0.15, 0.2) is 54.6 Å². The Labute approximate surface area is 129 Å². The van der Waals surface area contributed by atoms with Gasteiger partial charge in [0, 0.05) is 5.56 Å². The van der Waals surface area contributed by atoms with E-state index in [1.54, 1.807) is 55.5 Å². The maximum absolute atomic E-state index is 12.2. The summed E-state index contributed by atoms with van der Waals surface area (Å²) in [5.41, 5.74) is 0.908. The summed E-state index contributed by atoms with van der Waals surface area (Å²) in [5, 5.41) is 0. The fourth-order valence-electron chi connectivity index (χ4n) is 1.97. The Balaban J connectivity index is 2.00. The Hall–Kier alpha value is -2.62. The minimum Gasteiger partial charge on any atom is -0.494 e. The molecule has 0 amide bonds. The second-order valence-electron chi connectivity index (χ2n) is 4.74. The average molecular weight is 298 g/mol. The molecule has 1 atom stereocenters. The highest BCUT2D eigenvalue weighted by Gasteiger charge is 2.20. The lowest BCUT2D eigenvalue weighted by Crippen LogP contribution is -2.24. The number of carbonyl (C=O) groups is 2. The van der Waals surface area contributed by atoms with Gasteiger partial charge in [-0.05, 0) is 38.1 Å². The summed E-state index contributed by atoms with van der Waals surface area (Å²) < 4.78 is 10.5. The first-order valence-corrected chi connectivity index (χ1v) is 7.15. The largest absolute Gasteiger partial charge is 0.494 e. The summed E-state index contributed by atoms with van der Waals surface area (Å²) in [6.07, 6.45) is -0.832. The third-order valence-corrected chi connectivity index (χ3v) is 3.11. The predicted molar refractivity (Wildman–Crippen MR) is 83.3 cm³/mol. The minimum absolute atomic E-state index is 0.222. The predicted octanol–water partition coefficient (Wildman–Crippen LogP) is 3.51. The lowest BCUT2D eigenvalue weighted by atomic mass is 10.1. The standard InChI is InChI=1S/C18H18O4/c1-3-21-16-11-9-15(10-12-16)18(20)22-13(2)17(19)14-7-5-4-6-8-14/h4-13H,3H2,1-2H3. The van der Waals surface area contributed by atoms with Crippen LogP contribution in [-0.4, -0.2) is 24.5 Å². The van der Waals surface area contributed by atoms with Gasteiger partial charge in [0.05, 0.1) is 12.2 Å². The first-order chi connectivity index (χ1) is 10.6. The van der Waals surface area contributed by atoms with E-state index >= 15 is 0 Å². The van der Waals surface area contributed by atoms with Crippen molar-refractivity contribution in [3.05, 3.63) is 65.7 Å². The van der Waals surface area contributed by atoms with Gasteiger partial charge < -0.3 is 9.47 Å². The smallest absolute Gasteiger partial charge is 0.338 e. The molecule has 22 heavy (non-hydrogen) atoms. The van der Waals surface area contributed by atoms with Gasteiger partial charge in [-0.15, -0.1) is 0 Å². The van der Waals surface area contributed by atoms with E-state index in [0.717, 1.165) is 0 Å². The number of ketones is 1. The number of esters is 1. The molecule has 2 rings (SSSR count). The molecule has 4 nitrogen and oxygen atoms in total. The zero-order valence-electron chi connectivity index (χ0n) is 12.6. The minimum atomic E-state index is -0.832. The SMILES string of the molecule is CCOc1ccc(C(=O)OC(C)C(=O)c2ccccc2)cc1. The summed E-state index contributed by atoms with van der Waals surface area (Å²) in [6, 6.07) is 15.4. The maximum Gasteiger partial charge on any atom is 0.338 e. The lowest BCUT2D eigenvalue weighted by Gasteiger charge is -2.12. The molecule has 0 saturated heterocycles. The number of hydrogen-bond donors (Lipinski definition) is 0. The van der Waals surface area contributed by atoms with E-state index in [1.165, 1.54) is 0 Å². The molecule has 0 aliphatic rings. The topological polar surface area (TPSA) is 52.6 Å². The van der Waals surface area contributed by atoms with Crippen LogP contribution >= 0.6 is 0 Å². The molecular formula is C18H18O4. The van der Waals surface area contributed by atoms with E-state index in [2.05, 4.69) is 0 Å². The van der Waals surface area contributed by atoms with Crippen molar-refractivity contribution in [3.8, 4) is 5.75 Å². The van der Waals surface area contributed by atoms with Crippen LogP contribution in [0, 0.1) is 0 Å². The molecule has 114 valence electrons. The van der Waals surface area contributed by atoms with Crippen molar-refractivity contribution < 1.29 is 19.1 Å². The highest BCUT2D eigenvalue weighted by atomic mass is 16.5. The number of benzene rings is 2. The number of ether oxygens (including phenoxy) is 2. The Morgan fingerprint density at radius 1 is 0.955 bits per heavy atom. The van der Waals surface area contributed by atoms with Gasteiger partial charge in [-0.1, -0.05) is 30.3 Å². The Morgan fingerprint density at radius 3 is 2.18 bits per heavy atom. The van der Waals surface area contributed by atoms with Gasteiger partial charge in [-0.2, -0.15) is 0 Å². The van der Waals surface area contributed by atoms with Gasteiger partial charge in [0.1, 0.15) is 5.75 Å². The van der Waals surface area contributed by atoms with Crippen LogP contribution < -0.4 is 4.74 Å². The van der Waals surface area contributed by atoms with E-state index in [0.29, 0.717) is 23.5 Å². The monoisotopic (exact) mass is 298 g/mol. The first-order valence-electron chi connectivity index (χ1n) is 7.15. The van der Waals surface area contributed by atoms with Crippen molar-refractivity contribution in [2.75, 3.05) is 6.61 Å². The van der Waals surface area contributed by atoms with E-state index in [-0.39, 0.29) is 5.78 Å². The van der Waals surface area contributed by atoms with Crippen LogP contribution in [0.5, 0.6) is 5.75 Å². The molecule has 0 spiro atoms. The molecule has 0 aliphatic heterocycles. The van der Waals surface area contributed by atoms with E-state index in [1.807, 2.05) is 13.0 Å². The molecule has 4 heteroatoms. The van der Waals surface area contributed by atoms with Crippen LogP contribution in [0.2, 0.25) is 0 Å². The van der Waals surface area contributed by atoms with Crippen LogP contribution in [-0.2, 0) is 4.74 Å². The lowest BCUT2D eigenvalue weighted by molar-refractivity contribution is 0.0319. The summed E-state index contributed by atoms with van der Waals surface area (Å²) in [7, 11) is 0. The van der Waals surface area contributed by atoms with Crippen LogP contribution in [0.25, 0.3) is 0 Å². The Bertz CT molecular complexity index is 632. The summed E-state index contributed by atoms with van der Waals surface area (Å²) >= 11 is 0. The highest BCUT2D eigenvalue weighted by Crippen LogP contribution is 2.14. The summed E-state index contributed by atoms with van der Waals surface area (Å²) in [6.45, 7) is 4.02. The highest BCUT2D eigenvalue weighted by molar-refractivity contribution is 6.01. The van der Waals surface area contributed by atoms with Crippen molar-refractivity contribution >= 4 is 11.8 Å². The van der Waals surface area contributed by atoms with Gasteiger partial charge >= 0.3 is 5.97 Å². The summed E-state index contributed by atoms with van der Waals surface area (Å²) in [4.78, 5) is 24.2. The third kappa shape index (κ3) is 3.95. The maximum atomic E-state index is 12.2. The number of hydrogen-bond acceptors (Lipinski definition) is 4. The second-order valence-corrected chi connectivity index (χ2v) is 4.74. The molecule has 0 aromatic heterocycles. The number of carbonyl (C=O) groups excluding carboxylic acids is 2. The molecule has 0 saturated carbocycles. The van der Waals surface area contributed by atoms with Crippen LogP contribution in [0.1, 0.15) is 34.6 Å². The van der Waals surface area contributed by atoms with Crippen LogP contribution in [0.4, 0.5) is 0 Å². The first kappa shape index (κ1) is 15.8. The van der Waals surface area contributed by atoms with E-state index in [9.17, 15) is 9.59 Å². The van der Waals surface area contributed by atoms with Gasteiger partial charge in [-0.3, -0.25) is 4.79 Å². The van der Waals surface area contributed by atoms with E-state index < -0.39 is 12.1 Å². The molecule has 0 bridgehead atoms. The van der Waals surface area contributed by atoms with Crippen molar-refractivity contribution in [3.63, 3.8) is 0 Å². The Morgan fingerprint density at radius 2 is 1.59 bits per heavy atom. The zero-order chi connectivity index (χ0) is 15.9. The van der Waals surface area contributed by atoms with Crippen molar-refractivity contribution in [1.82, 2.24) is 0 Å². The molecule has 1 unspecified atom stereocenters. The molecule has 2 aromatic rings. The number of rotatable bonds is 6. The fraction of sp³-hybridized carbons (Fsp3) is 0.222. The normalized spacial score (nSPS) is 11.5. The zero-order valence-corrected chi connectivity index (χ0v) is 12.6. The summed E-state index contributed by atoms with van der Waals surface area (Å²) in [5.74, 6) is -0.0628. The van der Waals surface area contributed by atoms with Crippen molar-refractivity contribution in [2.45, 2.75) is 20.0 Å².